The number of methoxy groups -OCH3 is 2. The van der Waals surface area contributed by atoms with E-state index < -0.39 is 29.4 Å². The van der Waals surface area contributed by atoms with E-state index >= 15 is 0 Å². The number of aromatic hydroxyl groups is 1. The van der Waals surface area contributed by atoms with Gasteiger partial charge in [0.05, 0.1) is 59.3 Å². The number of hydrogen-bond donors (Lipinski definition) is 2. The summed E-state index contributed by atoms with van der Waals surface area (Å²) >= 11 is 4.63. The predicted octanol–water partition coefficient (Wildman–Crippen LogP) is 4.48. The second-order valence-electron chi connectivity index (χ2n) is 10.9. The third-order valence-corrected chi connectivity index (χ3v) is 9.19. The third-order valence-electron chi connectivity index (χ3n) is 7.61. The van der Waals surface area contributed by atoms with E-state index in [1.54, 1.807) is 75.4 Å². The smallest absolute Gasteiger partial charge is 0.338 e. The number of aromatic nitrogens is 1. The largest absolute Gasteiger partial charge is 0.504 e. The standard InChI is InChI=1S/C36H34BrN3O10S/c1-6-48-34(44)21-8-11-23(12-9-21)39-29(42)18-50-32-24(37)14-20(15-27(32)47-5)16-28-33(43)40-31(22-10-13-25(41)26(17-22)46-4)30(35(45)49-7-2)19(3)38-36(40)51-28/h8-17,31,41H,6-7,18H2,1-5H3,(H,39,42)/b28-16+/t31-/m1/s1. The summed E-state index contributed by atoms with van der Waals surface area (Å²) in [7, 11) is 2.85. The van der Waals surface area contributed by atoms with Crippen LogP contribution in [0.4, 0.5) is 5.69 Å². The van der Waals surface area contributed by atoms with Crippen LogP contribution < -0.4 is 34.4 Å². The molecule has 15 heteroatoms. The number of benzene rings is 3. The lowest BCUT2D eigenvalue weighted by Crippen LogP contribution is -2.39. The fourth-order valence-electron chi connectivity index (χ4n) is 5.32. The van der Waals surface area contributed by atoms with Crippen molar-refractivity contribution in [3.05, 3.63) is 107 Å². The zero-order valence-electron chi connectivity index (χ0n) is 28.3. The van der Waals surface area contributed by atoms with Gasteiger partial charge in [0.2, 0.25) is 0 Å². The Morgan fingerprint density at radius 2 is 1.67 bits per heavy atom. The minimum Gasteiger partial charge on any atom is -0.504 e. The van der Waals surface area contributed by atoms with E-state index in [9.17, 15) is 24.3 Å². The van der Waals surface area contributed by atoms with Crippen molar-refractivity contribution >= 4 is 56.9 Å². The molecule has 1 aromatic heterocycles. The minimum atomic E-state index is -0.907. The number of ether oxygens (including phenoxy) is 5. The number of nitrogens with zero attached hydrogens (tertiary/aromatic N) is 2. The summed E-state index contributed by atoms with van der Waals surface area (Å²) in [6.45, 7) is 5.12. The Hall–Kier alpha value is -5.41. The molecule has 266 valence electrons. The van der Waals surface area contributed by atoms with Crippen molar-refractivity contribution in [3.8, 4) is 23.0 Å². The SMILES string of the molecule is CCOC(=O)C1=C(C)N=c2s/c(=C/c3cc(Br)c(OCC(=O)Nc4ccc(C(=O)OCC)cc4)c(OC)c3)c(=O)n2[C@@H]1c1ccc(O)c(OC)c1. The number of phenols is 1. The predicted molar refractivity (Wildman–Crippen MR) is 192 cm³/mol. The topological polar surface area (TPSA) is 164 Å². The van der Waals surface area contributed by atoms with E-state index in [4.69, 9.17) is 23.7 Å². The second kappa shape index (κ2) is 16.1. The fourth-order valence-corrected chi connectivity index (χ4v) is 6.95. The molecule has 5 rings (SSSR count). The summed E-state index contributed by atoms with van der Waals surface area (Å²) in [4.78, 5) is 56.8. The molecule has 1 atom stereocenters. The Morgan fingerprint density at radius 3 is 2.33 bits per heavy atom. The number of carbonyl (C=O) groups excluding carboxylic acids is 3. The third kappa shape index (κ3) is 7.99. The number of amides is 1. The molecule has 3 aromatic carbocycles. The van der Waals surface area contributed by atoms with Gasteiger partial charge < -0.3 is 34.1 Å². The molecule has 0 aliphatic carbocycles. The van der Waals surface area contributed by atoms with E-state index in [1.165, 1.54) is 24.9 Å². The molecule has 51 heavy (non-hydrogen) atoms. The van der Waals surface area contributed by atoms with Crippen molar-refractivity contribution < 1.29 is 43.2 Å². The molecule has 1 aliphatic rings. The highest BCUT2D eigenvalue weighted by molar-refractivity contribution is 9.10. The minimum absolute atomic E-state index is 0.0956. The molecule has 0 radical (unpaired) electrons. The van der Waals surface area contributed by atoms with Gasteiger partial charge in [-0.15, -0.1) is 0 Å². The van der Waals surface area contributed by atoms with E-state index in [0.717, 1.165) is 11.3 Å². The van der Waals surface area contributed by atoms with Gasteiger partial charge in [0.25, 0.3) is 11.5 Å². The first-order valence-corrected chi connectivity index (χ1v) is 17.2. The van der Waals surface area contributed by atoms with Gasteiger partial charge in [0.15, 0.2) is 34.4 Å². The van der Waals surface area contributed by atoms with Crippen LogP contribution in [-0.2, 0) is 19.1 Å². The monoisotopic (exact) mass is 779 g/mol. The first-order chi connectivity index (χ1) is 24.5. The van der Waals surface area contributed by atoms with Crippen LogP contribution >= 0.6 is 27.3 Å². The van der Waals surface area contributed by atoms with Gasteiger partial charge in [-0.1, -0.05) is 17.4 Å². The molecule has 1 amide bonds. The summed E-state index contributed by atoms with van der Waals surface area (Å²) in [5.41, 5.74) is 2.09. The summed E-state index contributed by atoms with van der Waals surface area (Å²) in [6.07, 6.45) is 1.66. The maximum absolute atomic E-state index is 14.1. The van der Waals surface area contributed by atoms with Gasteiger partial charge in [-0.2, -0.15) is 0 Å². The van der Waals surface area contributed by atoms with E-state index in [0.29, 0.717) is 47.6 Å². The number of phenolic OH excluding ortho intramolecular Hbond substituents is 1. The van der Waals surface area contributed by atoms with Crippen LogP contribution in [0.15, 0.2) is 80.1 Å². The number of rotatable bonds is 12. The van der Waals surface area contributed by atoms with E-state index in [2.05, 4.69) is 26.2 Å². The number of hydrogen-bond acceptors (Lipinski definition) is 12. The number of allylic oxidation sites excluding steroid dienone is 1. The Kier molecular flexibility index (Phi) is 11.6. The van der Waals surface area contributed by atoms with Crippen LogP contribution in [0, 0.1) is 0 Å². The summed E-state index contributed by atoms with van der Waals surface area (Å²) in [5, 5.41) is 12.9. The number of fused-ring (bicyclic) bond motifs is 1. The van der Waals surface area contributed by atoms with Crippen LogP contribution in [-0.4, -0.2) is 61.6 Å². The maximum Gasteiger partial charge on any atom is 0.338 e. The normalized spacial score (nSPS) is 13.9. The van der Waals surface area contributed by atoms with Crippen LogP contribution in [0.5, 0.6) is 23.0 Å². The number of anilines is 1. The Labute approximate surface area is 304 Å². The van der Waals surface area contributed by atoms with Crippen LogP contribution in [0.25, 0.3) is 6.08 Å². The van der Waals surface area contributed by atoms with Crippen molar-refractivity contribution in [1.29, 1.82) is 0 Å². The van der Waals surface area contributed by atoms with Crippen molar-refractivity contribution in [2.75, 3.05) is 39.4 Å². The Morgan fingerprint density at radius 1 is 0.980 bits per heavy atom. The van der Waals surface area contributed by atoms with Crippen molar-refractivity contribution in [2.24, 2.45) is 4.99 Å². The lowest BCUT2D eigenvalue weighted by molar-refractivity contribution is -0.139. The van der Waals surface area contributed by atoms with Gasteiger partial charge in [0.1, 0.15) is 0 Å². The van der Waals surface area contributed by atoms with Gasteiger partial charge in [-0.25, -0.2) is 14.6 Å². The Balaban J connectivity index is 1.44. The molecule has 0 unspecified atom stereocenters. The lowest BCUT2D eigenvalue weighted by atomic mass is 9.95. The zero-order valence-corrected chi connectivity index (χ0v) is 30.7. The average molecular weight is 781 g/mol. The molecule has 2 N–H and O–H groups in total. The van der Waals surface area contributed by atoms with Crippen LogP contribution in [0.3, 0.4) is 0 Å². The summed E-state index contributed by atoms with van der Waals surface area (Å²) in [6, 6.07) is 13.3. The molecule has 0 saturated heterocycles. The molecule has 0 fully saturated rings. The molecule has 1 aliphatic heterocycles. The number of nitrogens with one attached hydrogen (secondary N) is 1. The molecule has 4 aromatic rings. The molecule has 0 spiro atoms. The first kappa shape index (κ1) is 36.9. The van der Waals surface area contributed by atoms with Crippen LogP contribution in [0.1, 0.15) is 48.3 Å². The molecular formula is C36H34BrN3O10S. The zero-order chi connectivity index (χ0) is 36.8. The van der Waals surface area contributed by atoms with Gasteiger partial charge in [-0.3, -0.25) is 14.2 Å². The molecular weight excluding hydrogens is 746 g/mol. The molecule has 0 bridgehead atoms. The quantitative estimate of drug-likeness (QED) is 0.196. The lowest BCUT2D eigenvalue weighted by Gasteiger charge is -2.25. The summed E-state index contributed by atoms with van der Waals surface area (Å²) < 4.78 is 29.2. The average Bonchev–Trinajstić information content (AvgIpc) is 3.41. The van der Waals surface area contributed by atoms with Gasteiger partial charge in [0, 0.05) is 5.69 Å². The highest BCUT2D eigenvalue weighted by Crippen LogP contribution is 2.38. The number of thiazole rings is 1. The summed E-state index contributed by atoms with van der Waals surface area (Å²) in [5.74, 6) is -0.879. The fraction of sp³-hybridized carbons (Fsp3) is 0.250. The molecule has 2 heterocycles. The van der Waals surface area contributed by atoms with Crippen molar-refractivity contribution in [3.63, 3.8) is 0 Å². The van der Waals surface area contributed by atoms with E-state index in [-0.39, 0.29) is 42.6 Å². The van der Waals surface area contributed by atoms with Crippen molar-refractivity contribution in [1.82, 2.24) is 4.57 Å². The second-order valence-corrected chi connectivity index (χ2v) is 12.8. The highest BCUT2D eigenvalue weighted by atomic mass is 79.9. The van der Waals surface area contributed by atoms with Gasteiger partial charge >= 0.3 is 11.9 Å². The van der Waals surface area contributed by atoms with Crippen molar-refractivity contribution in [2.45, 2.75) is 26.8 Å². The molecule has 13 nitrogen and oxygen atoms in total. The Bertz CT molecular complexity index is 2210. The molecule has 0 saturated carbocycles. The maximum atomic E-state index is 14.1. The first-order valence-electron chi connectivity index (χ1n) is 15.6. The van der Waals surface area contributed by atoms with Crippen LogP contribution in [0.2, 0.25) is 0 Å². The number of carbonyl (C=O) groups is 3. The van der Waals surface area contributed by atoms with Gasteiger partial charge in [-0.05, 0) is 102 Å². The number of halogens is 1. The number of esters is 2. The van der Waals surface area contributed by atoms with E-state index in [1.807, 2.05) is 0 Å². The highest BCUT2D eigenvalue weighted by Gasteiger charge is 2.34.